The van der Waals surface area contributed by atoms with E-state index in [1.165, 1.54) is 46.2 Å². The first-order valence-electron chi connectivity index (χ1n) is 20.9. The Morgan fingerprint density at radius 2 is 1.58 bits per heavy atom. The molecule has 1 aromatic heterocycles. The minimum Gasteiger partial charge on any atom is -0.497 e. The quantitative estimate of drug-likeness (QED) is 0.122. The second-order valence-corrected chi connectivity index (χ2v) is 18.9. The van der Waals surface area contributed by atoms with Crippen molar-refractivity contribution in [3.63, 3.8) is 0 Å². The van der Waals surface area contributed by atoms with Gasteiger partial charge in [0.05, 0.1) is 29.8 Å². The Balaban J connectivity index is 1.25. The third-order valence-electron chi connectivity index (χ3n) is 11.8. The number of carbonyl (C=O) groups excluding carboxylic acids is 5. The Morgan fingerprint density at radius 1 is 0.906 bits per heavy atom. The van der Waals surface area contributed by atoms with E-state index < -0.39 is 68.6 Å². The highest BCUT2D eigenvalue weighted by molar-refractivity contribution is 7.90. The lowest BCUT2D eigenvalue weighted by Gasteiger charge is -2.43. The number of sulfonamides is 1. The topological polar surface area (TPSA) is 203 Å². The maximum Gasteiger partial charge on any atom is 0.408 e. The number of rotatable bonds is 13. The zero-order valence-corrected chi connectivity index (χ0v) is 37.0. The van der Waals surface area contributed by atoms with Gasteiger partial charge >= 0.3 is 6.09 Å². The summed E-state index contributed by atoms with van der Waals surface area (Å²) in [4.78, 5) is 77.8. The van der Waals surface area contributed by atoms with E-state index >= 15 is 4.79 Å². The predicted octanol–water partition coefficient (Wildman–Crippen LogP) is 4.90. The molecule has 2 aliphatic heterocycles. The Bertz CT molecular complexity index is 2590. The molecule has 1 unspecified atom stereocenters. The van der Waals surface area contributed by atoms with E-state index in [9.17, 15) is 27.6 Å². The van der Waals surface area contributed by atoms with Gasteiger partial charge in [-0.25, -0.2) is 22.9 Å². The Labute approximate surface area is 372 Å². The number of ether oxygens (including phenoxy) is 3. The molecule has 3 aliphatic rings. The highest BCUT2D eigenvalue weighted by Crippen LogP contribution is 2.45. The number of hydrogen-bond donors (Lipinski definition) is 3. The number of alkyl carbamates (subject to hydrolysis) is 1. The van der Waals surface area contributed by atoms with Crippen LogP contribution in [0.15, 0.2) is 115 Å². The van der Waals surface area contributed by atoms with Crippen LogP contribution in [0.3, 0.4) is 0 Å². The molecule has 64 heavy (non-hydrogen) atoms. The molecule has 1 aliphatic carbocycles. The van der Waals surface area contributed by atoms with Gasteiger partial charge in [0.2, 0.25) is 17.7 Å². The molecule has 2 saturated heterocycles. The first-order chi connectivity index (χ1) is 30.4. The number of benzene rings is 3. The average molecular weight is 893 g/mol. The van der Waals surface area contributed by atoms with Gasteiger partial charge in [-0.2, -0.15) is 0 Å². The molecule has 17 heteroatoms. The largest absolute Gasteiger partial charge is 0.497 e. The van der Waals surface area contributed by atoms with Gasteiger partial charge < -0.3 is 34.6 Å². The molecule has 3 heterocycles. The second-order valence-electron chi connectivity index (χ2n) is 17.2. The summed E-state index contributed by atoms with van der Waals surface area (Å²) in [7, 11) is -2.78. The summed E-state index contributed by atoms with van der Waals surface area (Å²) in [5.74, 6) is -2.35. The van der Waals surface area contributed by atoms with Gasteiger partial charge in [-0.05, 0) is 70.4 Å². The summed E-state index contributed by atoms with van der Waals surface area (Å²) in [6.45, 7) is 12.5. The number of hydrogen-bond acceptors (Lipinski definition) is 11. The van der Waals surface area contributed by atoms with Crippen LogP contribution in [0.1, 0.15) is 46.5 Å². The fourth-order valence-electron chi connectivity index (χ4n) is 8.31. The molecule has 4 atom stereocenters. The van der Waals surface area contributed by atoms with Gasteiger partial charge in [0.15, 0.2) is 0 Å². The number of piperidine rings is 1. The van der Waals surface area contributed by atoms with Crippen LogP contribution in [0.4, 0.5) is 4.79 Å². The number of methoxy groups -OCH3 is 1. The molecule has 3 fully saturated rings. The average Bonchev–Trinajstić information content (AvgIpc) is 3.84. The maximum atomic E-state index is 15.3. The standard InChI is InChI=1S/C47H52N6O10S/c1-7-31-28-47(31,42(56)51-64(59,60)34-17-13-10-14-18-34)49-41(55)38-26-33(62-39-27-36(30-15-11-9-12-16-30)48-37-25-32(61-6)19-20-35(37)39)29-53(38)43(57)46(50-44(58)63-45(3,4)5)21-23-52(24-22-46)40(54)8-2/h7-20,25,27,31,33,38H,1-2,21-24,26,28-29H2,3-6H3,(H,49,55)(H,50,58)(H,51,56)/t31-,33?,38+,47-/m1/s1. The summed E-state index contributed by atoms with van der Waals surface area (Å²) in [6, 6.07) is 22.7. The van der Waals surface area contributed by atoms with Crippen molar-refractivity contribution in [3.8, 4) is 22.8 Å². The monoisotopic (exact) mass is 892 g/mol. The van der Waals surface area contributed by atoms with Crippen molar-refractivity contribution in [3.05, 3.63) is 110 Å². The fraction of sp³-hybridized carbons (Fsp3) is 0.362. The first kappa shape index (κ1) is 45.3. The number of fused-ring (bicyclic) bond motifs is 1. The van der Waals surface area contributed by atoms with Gasteiger partial charge in [-0.3, -0.25) is 19.2 Å². The van der Waals surface area contributed by atoms with Gasteiger partial charge in [-0.1, -0.05) is 61.2 Å². The zero-order chi connectivity index (χ0) is 46.0. The van der Waals surface area contributed by atoms with Crippen molar-refractivity contribution in [2.75, 3.05) is 26.7 Å². The molecule has 0 spiro atoms. The van der Waals surface area contributed by atoms with E-state index in [1.807, 2.05) is 30.3 Å². The van der Waals surface area contributed by atoms with Crippen LogP contribution in [0.25, 0.3) is 22.2 Å². The Morgan fingerprint density at radius 3 is 2.19 bits per heavy atom. The Kier molecular flexibility index (Phi) is 12.6. The number of carbonyl (C=O) groups is 5. The summed E-state index contributed by atoms with van der Waals surface area (Å²) >= 11 is 0. The molecule has 3 aromatic carbocycles. The zero-order valence-electron chi connectivity index (χ0n) is 36.2. The van der Waals surface area contributed by atoms with Gasteiger partial charge in [-0.15, -0.1) is 6.58 Å². The molecule has 1 saturated carbocycles. The summed E-state index contributed by atoms with van der Waals surface area (Å²) in [6.07, 6.45) is 0.866. The number of aromatic nitrogens is 1. The van der Waals surface area contributed by atoms with Crippen molar-refractivity contribution in [2.45, 2.75) is 80.2 Å². The first-order valence-corrected chi connectivity index (χ1v) is 22.4. The van der Waals surface area contributed by atoms with Crippen molar-refractivity contribution in [2.24, 2.45) is 5.92 Å². The summed E-state index contributed by atoms with van der Waals surface area (Å²) in [5.41, 5.74) is -2.29. The van der Waals surface area contributed by atoms with Crippen LogP contribution in [0, 0.1) is 5.92 Å². The lowest BCUT2D eigenvalue weighted by molar-refractivity contribution is -0.147. The number of nitrogens with one attached hydrogen (secondary N) is 3. The highest BCUT2D eigenvalue weighted by atomic mass is 32.2. The van der Waals surface area contributed by atoms with Crippen LogP contribution in [0.5, 0.6) is 11.5 Å². The maximum absolute atomic E-state index is 15.3. The number of likely N-dealkylation sites (tertiary alicyclic amines) is 2. The van der Waals surface area contributed by atoms with E-state index in [1.54, 1.807) is 58.2 Å². The molecule has 4 aromatic rings. The Hall–Kier alpha value is -6.75. The molecule has 7 rings (SSSR count). The molecule has 5 amide bonds. The third kappa shape index (κ3) is 9.44. The molecular weight excluding hydrogens is 841 g/mol. The number of nitrogens with zero attached hydrogens (tertiary/aromatic N) is 3. The van der Waals surface area contributed by atoms with Crippen LogP contribution < -0.4 is 24.8 Å². The van der Waals surface area contributed by atoms with Crippen LogP contribution >= 0.6 is 0 Å². The molecule has 16 nitrogen and oxygen atoms in total. The van der Waals surface area contributed by atoms with Crippen molar-refractivity contribution < 1.29 is 46.6 Å². The fourth-order valence-corrected chi connectivity index (χ4v) is 9.37. The molecular formula is C47H52N6O10S. The van der Waals surface area contributed by atoms with Gasteiger partial charge in [0.25, 0.3) is 15.9 Å². The smallest absolute Gasteiger partial charge is 0.408 e. The minimum absolute atomic E-state index is 0.0273. The molecule has 0 radical (unpaired) electrons. The minimum atomic E-state index is -4.33. The molecule has 3 N–H and O–H groups in total. The van der Waals surface area contributed by atoms with Crippen molar-refractivity contribution in [1.82, 2.24) is 30.1 Å². The third-order valence-corrected chi connectivity index (χ3v) is 13.1. The summed E-state index contributed by atoms with van der Waals surface area (Å²) in [5, 5.41) is 6.25. The van der Waals surface area contributed by atoms with E-state index in [4.69, 9.17) is 19.2 Å². The van der Waals surface area contributed by atoms with E-state index in [-0.39, 0.29) is 56.1 Å². The predicted molar refractivity (Wildman–Crippen MR) is 237 cm³/mol. The van der Waals surface area contributed by atoms with Gasteiger partial charge in [0.1, 0.15) is 40.3 Å². The second kappa shape index (κ2) is 17.8. The molecule has 0 bridgehead atoms. The van der Waals surface area contributed by atoms with Crippen molar-refractivity contribution in [1.29, 1.82) is 0 Å². The number of amides is 5. The van der Waals surface area contributed by atoms with Crippen molar-refractivity contribution >= 4 is 50.6 Å². The van der Waals surface area contributed by atoms with E-state index in [0.717, 1.165) is 5.56 Å². The van der Waals surface area contributed by atoms with Crippen LogP contribution in [0.2, 0.25) is 0 Å². The number of pyridine rings is 1. The van der Waals surface area contributed by atoms with E-state index in [2.05, 4.69) is 28.5 Å². The van der Waals surface area contributed by atoms with Gasteiger partial charge in [0, 0.05) is 48.5 Å². The van der Waals surface area contributed by atoms with Crippen LogP contribution in [-0.4, -0.2) is 108 Å². The molecule has 336 valence electrons. The lowest BCUT2D eigenvalue weighted by atomic mass is 9.85. The highest BCUT2D eigenvalue weighted by Gasteiger charge is 2.62. The van der Waals surface area contributed by atoms with E-state index in [0.29, 0.717) is 28.1 Å². The van der Waals surface area contributed by atoms with Crippen LogP contribution in [-0.2, 0) is 33.9 Å². The normalized spacial score (nSPS) is 21.5. The summed E-state index contributed by atoms with van der Waals surface area (Å²) < 4.78 is 46.6. The lowest BCUT2D eigenvalue weighted by Crippen LogP contribution is -2.66. The SMILES string of the molecule is C=CC(=O)N1CCC(NC(=O)OC(C)(C)C)(C(=O)N2CC(Oc3cc(-c4ccccc4)nc4cc(OC)ccc34)C[C@H]2C(=O)N[C@]2(C(=O)NS(=O)(=O)c3ccccc3)C[C@H]2C=C)CC1.